The van der Waals surface area contributed by atoms with Gasteiger partial charge in [0, 0.05) is 15.1 Å². The highest BCUT2D eigenvalue weighted by molar-refractivity contribution is 9.11. The van der Waals surface area contributed by atoms with Crippen molar-refractivity contribution in [3.63, 3.8) is 0 Å². The number of aromatic nitrogens is 1. The van der Waals surface area contributed by atoms with Gasteiger partial charge in [-0.15, -0.1) is 0 Å². The first-order chi connectivity index (χ1) is 7.19. The van der Waals surface area contributed by atoms with Gasteiger partial charge in [0.2, 0.25) is 0 Å². The van der Waals surface area contributed by atoms with Crippen LogP contribution < -0.4 is 5.32 Å². The molecule has 0 fully saturated rings. The Labute approximate surface area is 108 Å². The van der Waals surface area contributed by atoms with Crippen molar-refractivity contribution < 1.29 is 0 Å². The largest absolute Gasteiger partial charge is 0.309 e. The number of hydrogen-bond acceptors (Lipinski definition) is 2. The Kier molecular flexibility index (Phi) is 5.79. The second kappa shape index (κ2) is 6.61. The summed E-state index contributed by atoms with van der Waals surface area (Å²) in [6.07, 6.45) is 4.04. The van der Waals surface area contributed by atoms with Crippen LogP contribution in [0.3, 0.4) is 0 Å². The van der Waals surface area contributed by atoms with Crippen LogP contribution in [0.1, 0.15) is 38.4 Å². The average molecular weight is 336 g/mol. The summed E-state index contributed by atoms with van der Waals surface area (Å²) in [5, 5.41) is 3.49. The number of halogens is 2. The van der Waals surface area contributed by atoms with Gasteiger partial charge in [0.25, 0.3) is 0 Å². The molecule has 0 saturated carbocycles. The number of pyridine rings is 1. The lowest BCUT2D eigenvalue weighted by Gasteiger charge is -2.17. The molecule has 0 bridgehead atoms. The lowest BCUT2D eigenvalue weighted by atomic mass is 10.1. The molecule has 1 aromatic heterocycles. The minimum absolute atomic E-state index is 0.340. The van der Waals surface area contributed by atoms with E-state index in [1.54, 1.807) is 0 Å². The van der Waals surface area contributed by atoms with E-state index in [0.717, 1.165) is 34.0 Å². The molecule has 0 spiro atoms. The monoisotopic (exact) mass is 334 g/mol. The Morgan fingerprint density at radius 3 is 2.67 bits per heavy atom. The Bertz CT molecular complexity index is 315. The zero-order chi connectivity index (χ0) is 11.3. The van der Waals surface area contributed by atoms with E-state index < -0.39 is 0 Å². The first-order valence-corrected chi connectivity index (χ1v) is 6.82. The molecule has 0 aromatic carbocycles. The van der Waals surface area contributed by atoms with Crippen molar-refractivity contribution in [3.05, 3.63) is 26.9 Å². The molecular formula is C11H16Br2N2. The predicted molar refractivity (Wildman–Crippen MR) is 71.0 cm³/mol. The predicted octanol–water partition coefficient (Wildman–Crippen LogP) is 4.06. The molecule has 0 saturated heterocycles. The van der Waals surface area contributed by atoms with E-state index in [-0.39, 0.29) is 0 Å². The summed E-state index contributed by atoms with van der Waals surface area (Å²) >= 11 is 6.96. The van der Waals surface area contributed by atoms with Crippen LogP contribution in [-0.2, 0) is 0 Å². The maximum Gasteiger partial charge on any atom is 0.0715 e. The van der Waals surface area contributed by atoms with Crippen molar-refractivity contribution in [2.75, 3.05) is 6.54 Å². The fraction of sp³-hybridized carbons (Fsp3) is 0.545. The van der Waals surface area contributed by atoms with Crippen LogP contribution >= 0.6 is 31.9 Å². The van der Waals surface area contributed by atoms with Crippen LogP contribution in [0.15, 0.2) is 21.2 Å². The smallest absolute Gasteiger partial charge is 0.0715 e. The summed E-state index contributed by atoms with van der Waals surface area (Å²) in [6, 6.07) is 2.38. The lowest BCUT2D eigenvalue weighted by molar-refractivity contribution is 0.505. The quantitative estimate of drug-likeness (QED) is 0.877. The van der Waals surface area contributed by atoms with Gasteiger partial charge in [-0.25, -0.2) is 0 Å². The molecule has 1 aromatic rings. The highest BCUT2D eigenvalue weighted by Gasteiger charge is 2.13. The van der Waals surface area contributed by atoms with Gasteiger partial charge in [0.05, 0.1) is 11.7 Å². The van der Waals surface area contributed by atoms with E-state index in [1.807, 2.05) is 12.3 Å². The van der Waals surface area contributed by atoms with Crippen LogP contribution in [0, 0.1) is 0 Å². The molecule has 1 rings (SSSR count). The third-order valence-electron chi connectivity index (χ3n) is 2.22. The first kappa shape index (κ1) is 13.1. The van der Waals surface area contributed by atoms with Gasteiger partial charge >= 0.3 is 0 Å². The van der Waals surface area contributed by atoms with Crippen molar-refractivity contribution in [2.24, 2.45) is 0 Å². The minimum Gasteiger partial charge on any atom is -0.309 e. The fourth-order valence-corrected chi connectivity index (χ4v) is 2.70. The van der Waals surface area contributed by atoms with E-state index in [2.05, 4.69) is 56.0 Å². The van der Waals surface area contributed by atoms with Crippen LogP contribution in [-0.4, -0.2) is 11.5 Å². The van der Waals surface area contributed by atoms with Crippen LogP contribution in [0.5, 0.6) is 0 Å². The molecular weight excluding hydrogens is 320 g/mol. The van der Waals surface area contributed by atoms with Gasteiger partial charge in [0.1, 0.15) is 0 Å². The van der Waals surface area contributed by atoms with Gasteiger partial charge in [-0.3, -0.25) is 4.98 Å². The average Bonchev–Trinajstić information content (AvgIpc) is 2.21. The maximum absolute atomic E-state index is 4.45. The summed E-state index contributed by atoms with van der Waals surface area (Å²) in [7, 11) is 0. The van der Waals surface area contributed by atoms with E-state index in [0.29, 0.717) is 6.04 Å². The molecule has 0 aliphatic rings. The van der Waals surface area contributed by atoms with Crippen LogP contribution in [0.2, 0.25) is 0 Å². The Hall–Kier alpha value is 0.0700. The van der Waals surface area contributed by atoms with Crippen LogP contribution in [0.25, 0.3) is 0 Å². The summed E-state index contributed by atoms with van der Waals surface area (Å²) in [5.41, 5.74) is 1.09. The van der Waals surface area contributed by atoms with Gasteiger partial charge in [0.15, 0.2) is 0 Å². The Morgan fingerprint density at radius 2 is 2.13 bits per heavy atom. The zero-order valence-electron chi connectivity index (χ0n) is 9.06. The van der Waals surface area contributed by atoms with E-state index in [4.69, 9.17) is 0 Å². The highest BCUT2D eigenvalue weighted by Crippen LogP contribution is 2.26. The minimum atomic E-state index is 0.340. The van der Waals surface area contributed by atoms with Crippen LogP contribution in [0.4, 0.5) is 0 Å². The normalized spacial score (nSPS) is 12.8. The van der Waals surface area contributed by atoms with Crippen molar-refractivity contribution in [3.8, 4) is 0 Å². The summed E-state index contributed by atoms with van der Waals surface area (Å²) in [6.45, 7) is 5.37. The van der Waals surface area contributed by atoms with Gasteiger partial charge in [-0.2, -0.15) is 0 Å². The molecule has 0 aliphatic carbocycles. The summed E-state index contributed by atoms with van der Waals surface area (Å²) < 4.78 is 2.07. The standard InChI is InChI=1S/C11H16Br2N2/c1-3-5-14-10(4-2)11-9(13)6-8(12)7-15-11/h6-7,10,14H,3-5H2,1-2H3. The Morgan fingerprint density at radius 1 is 1.40 bits per heavy atom. The summed E-state index contributed by atoms with van der Waals surface area (Å²) in [4.78, 5) is 4.45. The van der Waals surface area contributed by atoms with E-state index in [1.165, 1.54) is 0 Å². The topological polar surface area (TPSA) is 24.9 Å². The molecule has 2 nitrogen and oxygen atoms in total. The van der Waals surface area contributed by atoms with Gasteiger partial charge in [-0.1, -0.05) is 13.8 Å². The van der Waals surface area contributed by atoms with Crippen molar-refractivity contribution in [2.45, 2.75) is 32.7 Å². The second-order valence-electron chi connectivity index (χ2n) is 3.44. The SMILES string of the molecule is CCCNC(CC)c1ncc(Br)cc1Br. The number of hydrogen-bond donors (Lipinski definition) is 1. The molecule has 15 heavy (non-hydrogen) atoms. The molecule has 0 radical (unpaired) electrons. The van der Waals surface area contributed by atoms with Crippen molar-refractivity contribution in [1.29, 1.82) is 0 Å². The summed E-state index contributed by atoms with van der Waals surface area (Å²) in [5.74, 6) is 0. The fourth-order valence-electron chi connectivity index (χ4n) is 1.43. The van der Waals surface area contributed by atoms with E-state index in [9.17, 15) is 0 Å². The third kappa shape index (κ3) is 3.85. The Balaban J connectivity index is 2.81. The van der Waals surface area contributed by atoms with Crippen molar-refractivity contribution >= 4 is 31.9 Å². The molecule has 1 atom stereocenters. The van der Waals surface area contributed by atoms with Gasteiger partial charge < -0.3 is 5.32 Å². The molecule has 0 amide bonds. The number of nitrogens with zero attached hydrogens (tertiary/aromatic N) is 1. The maximum atomic E-state index is 4.45. The second-order valence-corrected chi connectivity index (χ2v) is 5.21. The molecule has 1 unspecified atom stereocenters. The highest BCUT2D eigenvalue weighted by atomic mass is 79.9. The lowest BCUT2D eigenvalue weighted by Crippen LogP contribution is -2.22. The van der Waals surface area contributed by atoms with Gasteiger partial charge in [-0.05, 0) is 57.3 Å². The molecule has 0 aliphatic heterocycles. The third-order valence-corrected chi connectivity index (χ3v) is 3.28. The molecule has 1 heterocycles. The van der Waals surface area contributed by atoms with E-state index >= 15 is 0 Å². The van der Waals surface area contributed by atoms with Crippen molar-refractivity contribution in [1.82, 2.24) is 10.3 Å². The first-order valence-electron chi connectivity index (χ1n) is 5.23. The molecule has 4 heteroatoms. The molecule has 1 N–H and O–H groups in total. The molecule has 84 valence electrons. The number of nitrogens with one attached hydrogen (secondary N) is 1. The zero-order valence-corrected chi connectivity index (χ0v) is 12.2. The number of rotatable bonds is 5.